The Labute approximate surface area is 180 Å². The summed E-state index contributed by atoms with van der Waals surface area (Å²) in [7, 11) is 5.82. The molecular weight excluding hydrogens is 378 g/mol. The molecule has 0 radical (unpaired) electrons. The minimum Gasteiger partial charge on any atom is -0.497 e. The van der Waals surface area contributed by atoms with Crippen LogP contribution in [0.1, 0.15) is 56.6 Å². The molecule has 2 aromatic rings. The quantitative estimate of drug-likeness (QED) is 0.608. The van der Waals surface area contributed by atoms with Gasteiger partial charge in [0.15, 0.2) is 0 Å². The van der Waals surface area contributed by atoms with Crippen LogP contribution in [0.4, 0.5) is 5.69 Å². The van der Waals surface area contributed by atoms with E-state index in [4.69, 9.17) is 4.74 Å². The van der Waals surface area contributed by atoms with Crippen molar-refractivity contribution in [3.63, 3.8) is 0 Å². The summed E-state index contributed by atoms with van der Waals surface area (Å²) in [6.45, 7) is 4.47. The zero-order chi connectivity index (χ0) is 21.0. The van der Waals surface area contributed by atoms with Gasteiger partial charge < -0.3 is 14.7 Å². The van der Waals surface area contributed by atoms with Gasteiger partial charge >= 0.3 is 0 Å². The largest absolute Gasteiger partial charge is 0.497 e. The number of thioether (sulfide) groups is 1. The van der Waals surface area contributed by atoms with Crippen LogP contribution < -0.4 is 9.64 Å². The van der Waals surface area contributed by atoms with Crippen molar-refractivity contribution in [3.8, 4) is 5.75 Å². The lowest BCUT2D eigenvalue weighted by Crippen LogP contribution is -2.40. The van der Waals surface area contributed by atoms with Crippen molar-refractivity contribution in [1.29, 1.82) is 0 Å². The fourth-order valence-electron chi connectivity index (χ4n) is 4.44. The molecule has 0 spiro atoms. The molecule has 1 aliphatic rings. The van der Waals surface area contributed by atoms with Gasteiger partial charge in [0.2, 0.25) is 0 Å². The van der Waals surface area contributed by atoms with E-state index >= 15 is 0 Å². The van der Waals surface area contributed by atoms with Crippen molar-refractivity contribution in [2.24, 2.45) is 5.41 Å². The Morgan fingerprint density at radius 1 is 1.14 bits per heavy atom. The smallest absolute Gasteiger partial charge is 0.119 e. The van der Waals surface area contributed by atoms with Gasteiger partial charge in [0, 0.05) is 41.8 Å². The first-order chi connectivity index (χ1) is 14.0. The second-order valence-electron chi connectivity index (χ2n) is 8.42. The van der Waals surface area contributed by atoms with Crippen LogP contribution in [0, 0.1) is 5.41 Å². The van der Waals surface area contributed by atoms with Gasteiger partial charge in [-0.3, -0.25) is 0 Å². The SMILES string of the molecule is CCCCC1(CC)CSc2ccc(OC)cc2[C@@H](c2ccc(N(C)C)cc2)[C@H]1O. The van der Waals surface area contributed by atoms with E-state index in [1.165, 1.54) is 21.7 Å². The average Bonchev–Trinajstić information content (AvgIpc) is 2.86. The Morgan fingerprint density at radius 3 is 2.45 bits per heavy atom. The van der Waals surface area contributed by atoms with E-state index in [2.05, 4.69) is 69.2 Å². The van der Waals surface area contributed by atoms with Crippen LogP contribution in [0.3, 0.4) is 0 Å². The van der Waals surface area contributed by atoms with E-state index in [1.54, 1.807) is 7.11 Å². The lowest BCUT2D eigenvalue weighted by Gasteiger charge is -2.40. The predicted octanol–water partition coefficient (Wildman–Crippen LogP) is 5.95. The number of methoxy groups -OCH3 is 1. The Balaban J connectivity index is 2.13. The molecule has 1 unspecified atom stereocenters. The van der Waals surface area contributed by atoms with E-state index < -0.39 is 6.10 Å². The van der Waals surface area contributed by atoms with E-state index in [9.17, 15) is 5.11 Å². The van der Waals surface area contributed by atoms with E-state index in [-0.39, 0.29) is 11.3 Å². The number of rotatable bonds is 7. The molecule has 0 fully saturated rings. The number of anilines is 1. The standard InChI is InChI=1S/C25H35NO2S/c1-6-8-15-25(7-2)17-29-22-14-13-20(28-5)16-21(22)23(24(25)27)18-9-11-19(12-10-18)26(3)4/h9-14,16,23-24,27H,6-8,15,17H2,1-5H3/t23-,24-,25?/m1/s1. The lowest BCUT2D eigenvalue weighted by atomic mass is 9.69. The summed E-state index contributed by atoms with van der Waals surface area (Å²) in [5.74, 6) is 1.75. The Morgan fingerprint density at radius 2 is 1.86 bits per heavy atom. The molecule has 3 atom stereocenters. The van der Waals surface area contributed by atoms with Gasteiger partial charge in [0.05, 0.1) is 13.2 Å². The topological polar surface area (TPSA) is 32.7 Å². The molecule has 0 saturated carbocycles. The normalized spacial score (nSPS) is 23.9. The molecule has 0 amide bonds. The second-order valence-corrected chi connectivity index (χ2v) is 9.44. The van der Waals surface area contributed by atoms with Crippen LogP contribution >= 0.6 is 11.8 Å². The van der Waals surface area contributed by atoms with Gasteiger partial charge in [-0.25, -0.2) is 0 Å². The van der Waals surface area contributed by atoms with Crippen LogP contribution in [-0.4, -0.2) is 38.2 Å². The summed E-state index contributed by atoms with van der Waals surface area (Å²) in [6, 6.07) is 15.0. The van der Waals surface area contributed by atoms with E-state index in [1.807, 2.05) is 17.8 Å². The maximum Gasteiger partial charge on any atom is 0.119 e. The Hall–Kier alpha value is -1.65. The maximum atomic E-state index is 11.9. The van der Waals surface area contributed by atoms with Crippen molar-refractivity contribution >= 4 is 17.4 Å². The molecule has 1 aliphatic heterocycles. The average molecular weight is 414 g/mol. The summed E-state index contributed by atoms with van der Waals surface area (Å²) in [6.07, 6.45) is 3.93. The van der Waals surface area contributed by atoms with Gasteiger partial charge in [0.1, 0.15) is 5.75 Å². The molecule has 158 valence electrons. The number of aliphatic hydroxyl groups excluding tert-OH is 1. The molecule has 1 N–H and O–H groups in total. The van der Waals surface area contributed by atoms with Crippen LogP contribution in [0.15, 0.2) is 47.4 Å². The summed E-state index contributed by atoms with van der Waals surface area (Å²) >= 11 is 1.90. The number of aliphatic hydroxyl groups is 1. The fourth-order valence-corrected chi connectivity index (χ4v) is 5.92. The number of benzene rings is 2. The third-order valence-corrected chi connectivity index (χ3v) is 7.91. The fraction of sp³-hybridized carbons (Fsp3) is 0.520. The van der Waals surface area contributed by atoms with Crippen molar-refractivity contribution in [3.05, 3.63) is 53.6 Å². The van der Waals surface area contributed by atoms with Gasteiger partial charge in [-0.1, -0.05) is 38.8 Å². The summed E-state index contributed by atoms with van der Waals surface area (Å²) in [5.41, 5.74) is 3.45. The predicted molar refractivity (Wildman–Crippen MR) is 125 cm³/mol. The minimum absolute atomic E-state index is 0.0527. The highest BCUT2D eigenvalue weighted by molar-refractivity contribution is 7.99. The first-order valence-corrected chi connectivity index (χ1v) is 11.7. The van der Waals surface area contributed by atoms with Crippen molar-refractivity contribution in [2.45, 2.75) is 56.4 Å². The molecule has 0 saturated heterocycles. The summed E-state index contributed by atoms with van der Waals surface area (Å²) < 4.78 is 5.54. The minimum atomic E-state index is -0.426. The molecule has 29 heavy (non-hydrogen) atoms. The van der Waals surface area contributed by atoms with Crippen LogP contribution in [0.25, 0.3) is 0 Å². The number of hydrogen-bond acceptors (Lipinski definition) is 4. The van der Waals surface area contributed by atoms with Crippen molar-refractivity contribution in [1.82, 2.24) is 0 Å². The van der Waals surface area contributed by atoms with Gasteiger partial charge in [-0.15, -0.1) is 11.8 Å². The number of ether oxygens (including phenoxy) is 1. The molecule has 1 heterocycles. The van der Waals surface area contributed by atoms with Crippen LogP contribution in [0.5, 0.6) is 5.75 Å². The molecule has 2 aromatic carbocycles. The highest BCUT2D eigenvalue weighted by Gasteiger charge is 2.44. The highest BCUT2D eigenvalue weighted by atomic mass is 32.2. The number of nitrogens with zero attached hydrogens (tertiary/aromatic N) is 1. The molecule has 3 nitrogen and oxygen atoms in total. The van der Waals surface area contributed by atoms with Crippen LogP contribution in [-0.2, 0) is 0 Å². The first-order valence-electron chi connectivity index (χ1n) is 10.7. The molecular formula is C25H35NO2S. The first kappa shape index (κ1) is 22.0. The lowest BCUT2D eigenvalue weighted by molar-refractivity contribution is 0.0182. The Kier molecular flexibility index (Phi) is 7.18. The second kappa shape index (κ2) is 9.44. The van der Waals surface area contributed by atoms with E-state index in [0.717, 1.165) is 37.2 Å². The molecule has 0 aliphatic carbocycles. The van der Waals surface area contributed by atoms with Crippen molar-refractivity contribution < 1.29 is 9.84 Å². The molecule has 3 rings (SSSR count). The number of fused-ring (bicyclic) bond motifs is 1. The maximum absolute atomic E-state index is 11.9. The molecule has 0 aromatic heterocycles. The highest BCUT2D eigenvalue weighted by Crippen LogP contribution is 2.51. The van der Waals surface area contributed by atoms with Gasteiger partial charge in [0.25, 0.3) is 0 Å². The summed E-state index contributed by atoms with van der Waals surface area (Å²) in [5, 5.41) is 11.9. The van der Waals surface area contributed by atoms with E-state index in [0.29, 0.717) is 0 Å². The van der Waals surface area contributed by atoms with Gasteiger partial charge in [-0.2, -0.15) is 0 Å². The van der Waals surface area contributed by atoms with Crippen LogP contribution in [0.2, 0.25) is 0 Å². The Bertz CT molecular complexity index is 805. The summed E-state index contributed by atoms with van der Waals surface area (Å²) in [4.78, 5) is 3.37. The number of unbranched alkanes of at least 4 members (excludes halogenated alkanes) is 1. The van der Waals surface area contributed by atoms with Gasteiger partial charge in [-0.05, 0) is 54.3 Å². The molecule has 0 bridgehead atoms. The van der Waals surface area contributed by atoms with Crippen molar-refractivity contribution in [2.75, 3.05) is 31.9 Å². The zero-order valence-electron chi connectivity index (χ0n) is 18.4. The zero-order valence-corrected chi connectivity index (χ0v) is 19.3. The monoisotopic (exact) mass is 413 g/mol. The number of hydrogen-bond donors (Lipinski definition) is 1. The third kappa shape index (κ3) is 4.44. The third-order valence-electron chi connectivity index (χ3n) is 6.51. The molecule has 4 heteroatoms.